The molecule has 0 unspecified atom stereocenters. The number of rotatable bonds is 8. The van der Waals surface area contributed by atoms with Gasteiger partial charge in [-0.25, -0.2) is 8.42 Å². The van der Waals surface area contributed by atoms with E-state index >= 15 is 0 Å². The quantitative estimate of drug-likeness (QED) is 0.578. The van der Waals surface area contributed by atoms with Gasteiger partial charge < -0.3 is 9.88 Å². The van der Waals surface area contributed by atoms with Gasteiger partial charge in [-0.2, -0.15) is 0 Å². The summed E-state index contributed by atoms with van der Waals surface area (Å²) >= 11 is 0. The molecule has 0 aliphatic carbocycles. The second-order valence-electron chi connectivity index (χ2n) is 7.31. The molecule has 154 valence electrons. The van der Waals surface area contributed by atoms with Crippen LogP contribution in [0.4, 0.5) is 5.69 Å². The number of carbonyl (C=O) groups is 1. The fourth-order valence-corrected chi connectivity index (χ4v) is 4.55. The monoisotopic (exact) mass is 413 g/mol. The average Bonchev–Trinajstić information content (AvgIpc) is 3.02. The fourth-order valence-electron chi connectivity index (χ4n) is 3.29. The van der Waals surface area contributed by atoms with E-state index in [1.165, 1.54) is 0 Å². The Balaban J connectivity index is 1.83. The van der Waals surface area contributed by atoms with Crippen LogP contribution >= 0.6 is 0 Å². The summed E-state index contributed by atoms with van der Waals surface area (Å²) in [6, 6.07) is 15.1. The van der Waals surface area contributed by atoms with Gasteiger partial charge in [-0.3, -0.25) is 9.52 Å². The summed E-state index contributed by atoms with van der Waals surface area (Å²) in [5, 5.41) is 0.831. The Kier molecular flexibility index (Phi) is 6.27. The van der Waals surface area contributed by atoms with Crippen LogP contribution in [0.25, 0.3) is 10.9 Å². The van der Waals surface area contributed by atoms with Gasteiger partial charge in [-0.1, -0.05) is 43.7 Å². The van der Waals surface area contributed by atoms with Gasteiger partial charge in [0.05, 0.1) is 5.75 Å². The molecule has 29 heavy (non-hydrogen) atoms. The van der Waals surface area contributed by atoms with Crippen molar-refractivity contribution in [2.24, 2.45) is 0 Å². The molecule has 0 saturated carbocycles. The Morgan fingerprint density at radius 2 is 1.86 bits per heavy atom. The molecule has 1 heterocycles. The molecule has 2 N–H and O–H groups in total. The molecule has 3 aromatic rings. The number of nitrogens with one attached hydrogen (secondary N) is 2. The van der Waals surface area contributed by atoms with Crippen molar-refractivity contribution < 1.29 is 13.2 Å². The SMILES string of the molecule is CCCCS(=O)(=O)Nc1ccc2[nH]c(C(=O)N(C)Cc3ccccc3)c(C)c2c1. The highest BCUT2D eigenvalue weighted by molar-refractivity contribution is 7.92. The predicted octanol–water partition coefficient (Wildman–Crippen LogP) is 4.29. The maximum Gasteiger partial charge on any atom is 0.270 e. The molecule has 2 aromatic carbocycles. The molecule has 0 aliphatic rings. The number of sulfonamides is 1. The molecule has 0 saturated heterocycles. The number of benzene rings is 2. The van der Waals surface area contributed by atoms with Crippen LogP contribution in [0, 0.1) is 6.92 Å². The number of H-pyrrole nitrogens is 1. The zero-order chi connectivity index (χ0) is 21.0. The van der Waals surface area contributed by atoms with Crippen molar-refractivity contribution >= 4 is 32.5 Å². The van der Waals surface area contributed by atoms with Crippen LogP contribution in [0.3, 0.4) is 0 Å². The first-order valence-electron chi connectivity index (χ1n) is 9.73. The summed E-state index contributed by atoms with van der Waals surface area (Å²) in [4.78, 5) is 17.8. The average molecular weight is 414 g/mol. The summed E-state index contributed by atoms with van der Waals surface area (Å²) in [5.74, 6) is -0.00516. The molecule has 0 bridgehead atoms. The van der Waals surface area contributed by atoms with Gasteiger partial charge in [0.15, 0.2) is 0 Å². The molecule has 0 fully saturated rings. The number of carbonyl (C=O) groups excluding carboxylic acids is 1. The van der Waals surface area contributed by atoms with E-state index in [2.05, 4.69) is 9.71 Å². The Morgan fingerprint density at radius 3 is 2.55 bits per heavy atom. The topological polar surface area (TPSA) is 82.3 Å². The Hall–Kier alpha value is -2.80. The van der Waals surface area contributed by atoms with Gasteiger partial charge in [0.2, 0.25) is 10.0 Å². The van der Waals surface area contributed by atoms with Crippen LogP contribution in [0.15, 0.2) is 48.5 Å². The lowest BCUT2D eigenvalue weighted by Gasteiger charge is -2.17. The minimum Gasteiger partial charge on any atom is -0.350 e. The predicted molar refractivity (Wildman–Crippen MR) is 118 cm³/mol. The second kappa shape index (κ2) is 8.69. The highest BCUT2D eigenvalue weighted by Gasteiger charge is 2.19. The van der Waals surface area contributed by atoms with Crippen molar-refractivity contribution in [3.8, 4) is 0 Å². The van der Waals surface area contributed by atoms with Crippen LogP contribution in [-0.4, -0.2) is 37.0 Å². The minimum absolute atomic E-state index is 0.0989. The molecule has 0 radical (unpaired) electrons. The lowest BCUT2D eigenvalue weighted by Crippen LogP contribution is -2.27. The summed E-state index contributed by atoms with van der Waals surface area (Å²) in [5.41, 5.74) is 3.69. The molecule has 0 atom stereocenters. The van der Waals surface area contributed by atoms with Gasteiger partial charge in [0.1, 0.15) is 5.69 Å². The number of aromatic amines is 1. The molecule has 6 nitrogen and oxygen atoms in total. The number of anilines is 1. The molecule has 7 heteroatoms. The first-order valence-corrected chi connectivity index (χ1v) is 11.4. The largest absolute Gasteiger partial charge is 0.350 e. The Labute approximate surface area is 172 Å². The van der Waals surface area contributed by atoms with E-state index in [9.17, 15) is 13.2 Å². The molecular formula is C22H27N3O3S. The molecule has 0 spiro atoms. The van der Waals surface area contributed by atoms with Gasteiger partial charge in [-0.05, 0) is 42.7 Å². The van der Waals surface area contributed by atoms with E-state index in [-0.39, 0.29) is 11.7 Å². The van der Waals surface area contributed by atoms with Crippen molar-refractivity contribution in [1.29, 1.82) is 0 Å². The van der Waals surface area contributed by atoms with Crippen molar-refractivity contribution in [3.63, 3.8) is 0 Å². The van der Waals surface area contributed by atoms with Crippen LogP contribution in [-0.2, 0) is 16.6 Å². The van der Waals surface area contributed by atoms with Crippen molar-refractivity contribution in [1.82, 2.24) is 9.88 Å². The first kappa shape index (κ1) is 20.9. The number of unbranched alkanes of at least 4 members (excludes halogenated alkanes) is 1. The van der Waals surface area contributed by atoms with E-state index in [0.29, 0.717) is 24.3 Å². The smallest absolute Gasteiger partial charge is 0.270 e. The van der Waals surface area contributed by atoms with Crippen molar-refractivity contribution in [2.45, 2.75) is 33.2 Å². The number of hydrogen-bond acceptors (Lipinski definition) is 3. The van der Waals surface area contributed by atoms with Gasteiger partial charge in [0, 0.05) is 30.2 Å². The zero-order valence-electron chi connectivity index (χ0n) is 17.0. The molecular weight excluding hydrogens is 386 g/mol. The Bertz CT molecular complexity index is 1110. The summed E-state index contributed by atoms with van der Waals surface area (Å²) in [7, 11) is -1.60. The number of nitrogens with zero attached hydrogens (tertiary/aromatic N) is 1. The molecule has 3 rings (SSSR count). The third-order valence-electron chi connectivity index (χ3n) is 4.92. The first-order chi connectivity index (χ1) is 13.8. The third-order valence-corrected chi connectivity index (χ3v) is 6.29. The summed E-state index contributed by atoms with van der Waals surface area (Å²) < 4.78 is 27.0. The Morgan fingerprint density at radius 1 is 1.14 bits per heavy atom. The van der Waals surface area contributed by atoms with Crippen LogP contribution < -0.4 is 4.72 Å². The van der Waals surface area contributed by atoms with Crippen LogP contribution in [0.5, 0.6) is 0 Å². The summed E-state index contributed by atoms with van der Waals surface area (Å²) in [6.07, 6.45) is 1.44. The zero-order valence-corrected chi connectivity index (χ0v) is 17.8. The van der Waals surface area contributed by atoms with Gasteiger partial charge >= 0.3 is 0 Å². The number of hydrogen-bond donors (Lipinski definition) is 2. The van der Waals surface area contributed by atoms with E-state index in [1.807, 2.05) is 44.2 Å². The van der Waals surface area contributed by atoms with Crippen molar-refractivity contribution in [2.75, 3.05) is 17.5 Å². The number of amides is 1. The van der Waals surface area contributed by atoms with Crippen molar-refractivity contribution in [3.05, 3.63) is 65.4 Å². The second-order valence-corrected chi connectivity index (χ2v) is 9.15. The van der Waals surface area contributed by atoms with E-state index in [0.717, 1.165) is 28.5 Å². The standard InChI is InChI=1S/C22H27N3O3S/c1-4-5-13-29(27,28)24-18-11-12-20-19(14-18)16(2)21(23-20)22(26)25(3)15-17-9-7-6-8-10-17/h6-12,14,23-24H,4-5,13,15H2,1-3H3. The highest BCUT2D eigenvalue weighted by atomic mass is 32.2. The summed E-state index contributed by atoms with van der Waals surface area (Å²) in [6.45, 7) is 4.34. The van der Waals surface area contributed by atoms with Crippen LogP contribution in [0.2, 0.25) is 0 Å². The lowest BCUT2D eigenvalue weighted by atomic mass is 10.1. The maximum absolute atomic E-state index is 13.0. The number of aryl methyl sites for hydroxylation is 1. The highest BCUT2D eigenvalue weighted by Crippen LogP contribution is 2.26. The van der Waals surface area contributed by atoms with Crippen LogP contribution in [0.1, 0.15) is 41.4 Å². The normalized spacial score (nSPS) is 11.6. The van der Waals surface area contributed by atoms with Gasteiger partial charge in [-0.15, -0.1) is 0 Å². The van der Waals surface area contributed by atoms with E-state index < -0.39 is 10.0 Å². The molecule has 1 amide bonds. The van der Waals surface area contributed by atoms with E-state index in [4.69, 9.17) is 0 Å². The molecule has 1 aromatic heterocycles. The fraction of sp³-hybridized carbons (Fsp3) is 0.318. The molecule has 0 aliphatic heterocycles. The third kappa shape index (κ3) is 4.98. The number of aromatic nitrogens is 1. The van der Waals surface area contributed by atoms with E-state index in [1.54, 1.807) is 30.1 Å². The van der Waals surface area contributed by atoms with Gasteiger partial charge in [0.25, 0.3) is 5.91 Å². The number of fused-ring (bicyclic) bond motifs is 1. The maximum atomic E-state index is 13.0. The minimum atomic E-state index is -3.37. The lowest BCUT2D eigenvalue weighted by molar-refractivity contribution is 0.0779.